The molecule has 2 heterocycles. The molecule has 2 fully saturated rings. The van der Waals surface area contributed by atoms with Gasteiger partial charge in [0, 0.05) is 31.5 Å². The van der Waals surface area contributed by atoms with Gasteiger partial charge in [0.2, 0.25) is 5.91 Å². The van der Waals surface area contributed by atoms with Crippen molar-refractivity contribution in [3.8, 4) is 5.75 Å². The van der Waals surface area contributed by atoms with E-state index in [0.29, 0.717) is 30.3 Å². The van der Waals surface area contributed by atoms with E-state index in [2.05, 4.69) is 0 Å². The highest BCUT2D eigenvalue weighted by Crippen LogP contribution is 2.38. The number of amides is 1. The lowest BCUT2D eigenvalue weighted by Crippen LogP contribution is -2.66. The molecule has 1 atom stereocenters. The van der Waals surface area contributed by atoms with Gasteiger partial charge in [-0.1, -0.05) is 6.07 Å². The van der Waals surface area contributed by atoms with E-state index >= 15 is 0 Å². The third-order valence-electron chi connectivity index (χ3n) is 5.37. The Balaban J connectivity index is 1.51. The Labute approximate surface area is 154 Å². The first kappa shape index (κ1) is 19.1. The van der Waals surface area contributed by atoms with E-state index in [-0.39, 0.29) is 23.7 Å². The SMILES string of the molecule is CCOCCC1CCOC2(C1)CN(C(=O)Cc1ccc(F)cc1OC)C2. The maximum absolute atomic E-state index is 13.3. The Hall–Kier alpha value is -1.66. The van der Waals surface area contributed by atoms with Gasteiger partial charge in [0.1, 0.15) is 17.2 Å². The van der Waals surface area contributed by atoms with E-state index in [1.165, 1.54) is 19.2 Å². The summed E-state index contributed by atoms with van der Waals surface area (Å²) in [6, 6.07) is 4.28. The molecule has 2 saturated heterocycles. The van der Waals surface area contributed by atoms with Gasteiger partial charge in [0.25, 0.3) is 0 Å². The topological polar surface area (TPSA) is 48.0 Å². The second kappa shape index (κ2) is 8.35. The maximum atomic E-state index is 13.3. The monoisotopic (exact) mass is 365 g/mol. The summed E-state index contributed by atoms with van der Waals surface area (Å²) in [5, 5.41) is 0. The molecule has 26 heavy (non-hydrogen) atoms. The first-order valence-corrected chi connectivity index (χ1v) is 9.37. The van der Waals surface area contributed by atoms with Crippen LogP contribution in [0.3, 0.4) is 0 Å². The molecule has 6 heteroatoms. The van der Waals surface area contributed by atoms with Gasteiger partial charge >= 0.3 is 0 Å². The van der Waals surface area contributed by atoms with Crippen molar-refractivity contribution in [2.75, 3.05) is 40.0 Å². The predicted molar refractivity (Wildman–Crippen MR) is 95.8 cm³/mol. The van der Waals surface area contributed by atoms with Crippen molar-refractivity contribution in [2.45, 2.75) is 38.2 Å². The number of halogens is 1. The Kier molecular flexibility index (Phi) is 6.14. The van der Waals surface area contributed by atoms with Crippen LogP contribution in [0.15, 0.2) is 18.2 Å². The van der Waals surface area contributed by atoms with E-state index in [1.807, 2.05) is 11.8 Å². The Bertz CT molecular complexity index is 630. The van der Waals surface area contributed by atoms with Gasteiger partial charge in [-0.15, -0.1) is 0 Å². The van der Waals surface area contributed by atoms with Crippen LogP contribution in [-0.4, -0.2) is 56.4 Å². The van der Waals surface area contributed by atoms with Crippen molar-refractivity contribution in [1.29, 1.82) is 0 Å². The molecule has 0 aliphatic carbocycles. The van der Waals surface area contributed by atoms with Crippen LogP contribution in [0.25, 0.3) is 0 Å². The largest absolute Gasteiger partial charge is 0.496 e. The van der Waals surface area contributed by atoms with Crippen LogP contribution in [-0.2, 0) is 20.7 Å². The zero-order valence-electron chi connectivity index (χ0n) is 15.6. The van der Waals surface area contributed by atoms with Crippen LogP contribution in [0.5, 0.6) is 5.75 Å². The minimum atomic E-state index is -0.366. The summed E-state index contributed by atoms with van der Waals surface area (Å²) < 4.78 is 30.0. The molecule has 1 aromatic rings. The molecule has 0 N–H and O–H groups in total. The minimum absolute atomic E-state index is 0.0283. The van der Waals surface area contributed by atoms with Gasteiger partial charge in [-0.05, 0) is 38.2 Å². The van der Waals surface area contributed by atoms with Gasteiger partial charge in [-0.25, -0.2) is 4.39 Å². The van der Waals surface area contributed by atoms with Gasteiger partial charge < -0.3 is 19.1 Å². The second-order valence-corrected chi connectivity index (χ2v) is 7.26. The number of carbonyl (C=O) groups is 1. The molecule has 144 valence electrons. The first-order chi connectivity index (χ1) is 12.5. The number of ether oxygens (including phenoxy) is 3. The van der Waals surface area contributed by atoms with Crippen LogP contribution in [0, 0.1) is 11.7 Å². The van der Waals surface area contributed by atoms with E-state index in [0.717, 1.165) is 39.1 Å². The number of carbonyl (C=O) groups excluding carboxylic acids is 1. The van der Waals surface area contributed by atoms with Gasteiger partial charge in [-0.3, -0.25) is 4.79 Å². The summed E-state index contributed by atoms with van der Waals surface area (Å²) in [6.45, 7) is 5.59. The van der Waals surface area contributed by atoms with Crippen LogP contribution >= 0.6 is 0 Å². The Morgan fingerprint density at radius 3 is 2.96 bits per heavy atom. The molecule has 0 aromatic heterocycles. The molecule has 2 aliphatic heterocycles. The van der Waals surface area contributed by atoms with Crippen molar-refractivity contribution in [3.05, 3.63) is 29.6 Å². The van der Waals surface area contributed by atoms with Crippen molar-refractivity contribution < 1.29 is 23.4 Å². The normalized spacial score (nSPS) is 21.5. The Morgan fingerprint density at radius 2 is 2.23 bits per heavy atom. The highest BCUT2D eigenvalue weighted by atomic mass is 19.1. The lowest BCUT2D eigenvalue weighted by molar-refractivity contribution is -0.188. The molecular formula is C20H28FNO4. The van der Waals surface area contributed by atoms with Crippen LogP contribution < -0.4 is 4.74 Å². The second-order valence-electron chi connectivity index (χ2n) is 7.26. The summed E-state index contributed by atoms with van der Waals surface area (Å²) >= 11 is 0. The van der Waals surface area contributed by atoms with Crippen molar-refractivity contribution in [3.63, 3.8) is 0 Å². The summed E-state index contributed by atoms with van der Waals surface area (Å²) in [7, 11) is 1.49. The number of likely N-dealkylation sites (tertiary alicyclic amines) is 1. The molecule has 0 bridgehead atoms. The Morgan fingerprint density at radius 1 is 1.42 bits per heavy atom. The van der Waals surface area contributed by atoms with Gasteiger partial charge in [0.15, 0.2) is 0 Å². The number of rotatable bonds is 7. The van der Waals surface area contributed by atoms with Crippen LogP contribution in [0.4, 0.5) is 4.39 Å². The highest BCUT2D eigenvalue weighted by molar-refractivity contribution is 5.80. The smallest absolute Gasteiger partial charge is 0.227 e. The number of hydrogen-bond donors (Lipinski definition) is 0. The quantitative estimate of drug-likeness (QED) is 0.697. The molecule has 3 rings (SSSR count). The first-order valence-electron chi connectivity index (χ1n) is 9.37. The van der Waals surface area contributed by atoms with E-state index in [4.69, 9.17) is 14.2 Å². The third-order valence-corrected chi connectivity index (χ3v) is 5.37. The van der Waals surface area contributed by atoms with Gasteiger partial charge in [-0.2, -0.15) is 0 Å². The van der Waals surface area contributed by atoms with E-state index in [1.54, 1.807) is 6.07 Å². The average Bonchev–Trinajstić information content (AvgIpc) is 2.61. The fraction of sp³-hybridized carbons (Fsp3) is 0.650. The maximum Gasteiger partial charge on any atom is 0.227 e. The third kappa shape index (κ3) is 4.35. The summed E-state index contributed by atoms with van der Waals surface area (Å²) in [5.74, 6) is 0.679. The van der Waals surface area contributed by atoms with E-state index in [9.17, 15) is 9.18 Å². The number of hydrogen-bond acceptors (Lipinski definition) is 4. The molecule has 1 unspecified atom stereocenters. The standard InChI is InChI=1S/C20H28FNO4/c1-3-25-8-6-15-7-9-26-20(12-15)13-22(14-20)19(23)10-16-4-5-17(21)11-18(16)24-2/h4-5,11,15H,3,6-10,12-14H2,1-2H3. The van der Waals surface area contributed by atoms with Crippen molar-refractivity contribution >= 4 is 5.91 Å². The predicted octanol–water partition coefficient (Wildman–Crippen LogP) is 2.81. The highest BCUT2D eigenvalue weighted by Gasteiger charge is 2.48. The van der Waals surface area contributed by atoms with Crippen molar-refractivity contribution in [2.24, 2.45) is 5.92 Å². The van der Waals surface area contributed by atoms with Gasteiger partial charge in [0.05, 0.1) is 26.6 Å². The average molecular weight is 365 g/mol. The fourth-order valence-electron chi connectivity index (χ4n) is 3.96. The number of benzene rings is 1. The summed E-state index contributed by atoms with van der Waals surface area (Å²) in [5.41, 5.74) is 0.525. The molecule has 1 aromatic carbocycles. The summed E-state index contributed by atoms with van der Waals surface area (Å²) in [6.07, 6.45) is 3.33. The molecule has 1 spiro atoms. The molecule has 1 amide bonds. The van der Waals surface area contributed by atoms with Crippen LogP contribution in [0.2, 0.25) is 0 Å². The fourth-order valence-corrected chi connectivity index (χ4v) is 3.96. The molecule has 0 radical (unpaired) electrons. The lowest BCUT2D eigenvalue weighted by Gasteiger charge is -2.53. The minimum Gasteiger partial charge on any atom is -0.496 e. The molecule has 0 saturated carbocycles. The summed E-state index contributed by atoms with van der Waals surface area (Å²) in [4.78, 5) is 14.4. The van der Waals surface area contributed by atoms with E-state index < -0.39 is 0 Å². The molecular weight excluding hydrogens is 337 g/mol. The zero-order valence-corrected chi connectivity index (χ0v) is 15.6. The number of methoxy groups -OCH3 is 1. The number of nitrogens with zero attached hydrogens (tertiary/aromatic N) is 1. The molecule has 5 nitrogen and oxygen atoms in total. The molecule has 2 aliphatic rings. The van der Waals surface area contributed by atoms with Crippen molar-refractivity contribution in [1.82, 2.24) is 4.90 Å². The lowest BCUT2D eigenvalue weighted by atomic mass is 9.79. The zero-order chi connectivity index (χ0) is 18.6. The van der Waals surface area contributed by atoms with Crippen LogP contribution in [0.1, 0.15) is 31.7 Å².